The molecule has 0 fully saturated rings. The van der Waals surface area contributed by atoms with Gasteiger partial charge in [0.2, 0.25) is 0 Å². The Morgan fingerprint density at radius 2 is 1.07 bits per heavy atom. The minimum atomic E-state index is 0.442. The Bertz CT molecular complexity index is 432. The number of para-hydroxylation sites is 1. The number of phenolic OH excluding ortho intramolecular Hbond substituents is 1. The van der Waals surface area contributed by atoms with Crippen molar-refractivity contribution in [2.45, 2.75) is 115 Å². The second-order valence-electron chi connectivity index (χ2n) is 7.98. The van der Waals surface area contributed by atoms with Gasteiger partial charge in [-0.15, -0.1) is 0 Å². The summed E-state index contributed by atoms with van der Waals surface area (Å²) in [5, 5.41) is 9.74. The molecule has 0 radical (unpaired) electrons. The zero-order valence-electron chi connectivity index (χ0n) is 17.9. The zero-order chi connectivity index (χ0) is 19.4. The standard InChI is InChI=1S/C25H44OS/c1-2-3-4-5-6-7-8-9-10-11-12-13-14-15-16-19-22-27-23-24-20-17-18-21-25(24)26/h17-18,20-21,26H,2-16,19,22-23H2,1H3. The van der Waals surface area contributed by atoms with E-state index in [1.54, 1.807) is 6.07 Å². The average molecular weight is 393 g/mol. The van der Waals surface area contributed by atoms with E-state index in [4.69, 9.17) is 0 Å². The van der Waals surface area contributed by atoms with E-state index in [0.717, 1.165) is 11.3 Å². The van der Waals surface area contributed by atoms with Crippen LogP contribution in [-0.2, 0) is 5.75 Å². The predicted molar refractivity (Wildman–Crippen MR) is 124 cm³/mol. The second-order valence-corrected chi connectivity index (χ2v) is 9.09. The van der Waals surface area contributed by atoms with E-state index in [0.29, 0.717) is 5.75 Å². The molecule has 1 aromatic rings. The van der Waals surface area contributed by atoms with Crippen LogP contribution in [0, 0.1) is 0 Å². The molecule has 2 heteroatoms. The van der Waals surface area contributed by atoms with Crippen LogP contribution in [0.25, 0.3) is 0 Å². The third-order valence-electron chi connectivity index (χ3n) is 5.39. The molecule has 1 N–H and O–H groups in total. The summed E-state index contributed by atoms with van der Waals surface area (Å²) in [4.78, 5) is 0. The Hall–Kier alpha value is -0.630. The normalized spacial score (nSPS) is 11.1. The molecule has 0 amide bonds. The molecule has 27 heavy (non-hydrogen) atoms. The summed E-state index contributed by atoms with van der Waals surface area (Å²) in [7, 11) is 0. The van der Waals surface area contributed by atoms with Crippen molar-refractivity contribution in [2.24, 2.45) is 0 Å². The smallest absolute Gasteiger partial charge is 0.119 e. The van der Waals surface area contributed by atoms with Crippen LogP contribution in [0.1, 0.15) is 115 Å². The first-order chi connectivity index (χ1) is 13.3. The second kappa shape index (κ2) is 18.7. The lowest BCUT2D eigenvalue weighted by Crippen LogP contribution is -1.86. The Morgan fingerprint density at radius 1 is 0.630 bits per heavy atom. The first-order valence-corrected chi connectivity index (χ1v) is 12.8. The number of hydrogen-bond acceptors (Lipinski definition) is 2. The third-order valence-corrected chi connectivity index (χ3v) is 6.48. The largest absolute Gasteiger partial charge is 0.508 e. The summed E-state index contributed by atoms with van der Waals surface area (Å²) >= 11 is 1.95. The fraction of sp³-hybridized carbons (Fsp3) is 0.760. The molecule has 0 saturated carbocycles. The number of aromatic hydroxyl groups is 1. The highest BCUT2D eigenvalue weighted by atomic mass is 32.2. The van der Waals surface area contributed by atoms with Gasteiger partial charge in [-0.05, 0) is 18.2 Å². The van der Waals surface area contributed by atoms with Crippen LogP contribution in [0.3, 0.4) is 0 Å². The van der Waals surface area contributed by atoms with Gasteiger partial charge in [0.25, 0.3) is 0 Å². The summed E-state index contributed by atoms with van der Waals surface area (Å²) in [5.41, 5.74) is 1.07. The molecule has 0 unspecified atom stereocenters. The molecule has 0 aliphatic carbocycles. The maximum absolute atomic E-state index is 9.74. The molecule has 0 heterocycles. The van der Waals surface area contributed by atoms with E-state index in [-0.39, 0.29) is 0 Å². The highest BCUT2D eigenvalue weighted by Gasteiger charge is 1.99. The van der Waals surface area contributed by atoms with E-state index in [9.17, 15) is 5.11 Å². The number of rotatable bonds is 19. The van der Waals surface area contributed by atoms with Crippen LogP contribution >= 0.6 is 11.8 Å². The molecule has 156 valence electrons. The maximum atomic E-state index is 9.74. The van der Waals surface area contributed by atoms with Gasteiger partial charge in [0, 0.05) is 11.3 Å². The van der Waals surface area contributed by atoms with Gasteiger partial charge in [-0.2, -0.15) is 11.8 Å². The Morgan fingerprint density at radius 3 is 1.56 bits per heavy atom. The highest BCUT2D eigenvalue weighted by Crippen LogP contribution is 2.22. The van der Waals surface area contributed by atoms with Gasteiger partial charge < -0.3 is 5.11 Å². The minimum absolute atomic E-state index is 0.442. The Kier molecular flexibility index (Phi) is 16.9. The van der Waals surface area contributed by atoms with Crippen molar-refractivity contribution in [1.82, 2.24) is 0 Å². The first kappa shape index (κ1) is 24.4. The molecular weight excluding hydrogens is 348 g/mol. The van der Waals surface area contributed by atoms with E-state index >= 15 is 0 Å². The maximum Gasteiger partial charge on any atom is 0.119 e. The quantitative estimate of drug-likeness (QED) is 0.237. The lowest BCUT2D eigenvalue weighted by atomic mass is 10.0. The van der Waals surface area contributed by atoms with Crippen molar-refractivity contribution in [3.63, 3.8) is 0 Å². The fourth-order valence-electron chi connectivity index (χ4n) is 3.57. The number of thioether (sulfide) groups is 1. The van der Waals surface area contributed by atoms with Gasteiger partial charge in [-0.25, -0.2) is 0 Å². The SMILES string of the molecule is CCCCCCCCCCCCCCCCCCSCc1ccccc1O. The van der Waals surface area contributed by atoms with E-state index in [1.165, 1.54) is 108 Å². The van der Waals surface area contributed by atoms with Crippen LogP contribution in [0.15, 0.2) is 24.3 Å². The molecular formula is C25H44OS. The van der Waals surface area contributed by atoms with Crippen molar-refractivity contribution < 1.29 is 5.11 Å². The molecule has 1 rings (SSSR count). The fourth-order valence-corrected chi connectivity index (χ4v) is 4.58. The van der Waals surface area contributed by atoms with Crippen LogP contribution in [0.2, 0.25) is 0 Å². The highest BCUT2D eigenvalue weighted by molar-refractivity contribution is 7.98. The van der Waals surface area contributed by atoms with Crippen LogP contribution in [-0.4, -0.2) is 10.9 Å². The van der Waals surface area contributed by atoms with Crippen LogP contribution in [0.4, 0.5) is 0 Å². The van der Waals surface area contributed by atoms with Gasteiger partial charge in [0.05, 0.1) is 0 Å². The number of benzene rings is 1. The summed E-state index contributed by atoms with van der Waals surface area (Å²) in [5.74, 6) is 2.59. The average Bonchev–Trinajstić information content (AvgIpc) is 2.68. The minimum Gasteiger partial charge on any atom is -0.508 e. The molecule has 0 spiro atoms. The molecule has 0 aliphatic rings. The molecule has 1 nitrogen and oxygen atoms in total. The van der Waals surface area contributed by atoms with Crippen molar-refractivity contribution in [2.75, 3.05) is 5.75 Å². The summed E-state index contributed by atoms with van der Waals surface area (Å²) in [6.07, 6.45) is 22.8. The molecule has 0 aromatic heterocycles. The monoisotopic (exact) mass is 392 g/mol. The van der Waals surface area contributed by atoms with Crippen molar-refractivity contribution in [1.29, 1.82) is 0 Å². The van der Waals surface area contributed by atoms with Gasteiger partial charge in [0.15, 0.2) is 0 Å². The Labute approximate surface area is 173 Å². The van der Waals surface area contributed by atoms with Gasteiger partial charge in [-0.1, -0.05) is 121 Å². The van der Waals surface area contributed by atoms with E-state index < -0.39 is 0 Å². The predicted octanol–water partition coefficient (Wildman–Crippen LogP) is 8.89. The molecule has 0 bridgehead atoms. The number of phenols is 1. The van der Waals surface area contributed by atoms with Crippen molar-refractivity contribution in [3.8, 4) is 5.75 Å². The molecule has 0 saturated heterocycles. The topological polar surface area (TPSA) is 20.2 Å². The van der Waals surface area contributed by atoms with Gasteiger partial charge in [0.1, 0.15) is 5.75 Å². The molecule has 1 aromatic carbocycles. The summed E-state index contributed by atoms with van der Waals surface area (Å²) in [6.45, 7) is 2.29. The third kappa shape index (κ3) is 15.0. The zero-order valence-corrected chi connectivity index (χ0v) is 18.7. The summed E-state index contributed by atoms with van der Waals surface area (Å²) < 4.78 is 0. The van der Waals surface area contributed by atoms with Gasteiger partial charge >= 0.3 is 0 Å². The summed E-state index contributed by atoms with van der Waals surface area (Å²) in [6, 6.07) is 7.70. The van der Waals surface area contributed by atoms with Crippen molar-refractivity contribution >= 4 is 11.8 Å². The molecule has 0 aliphatic heterocycles. The lowest BCUT2D eigenvalue weighted by molar-refractivity contribution is 0.470. The number of unbranched alkanes of at least 4 members (excludes halogenated alkanes) is 15. The Balaban J connectivity index is 1.73. The van der Waals surface area contributed by atoms with E-state index in [2.05, 4.69) is 6.92 Å². The lowest BCUT2D eigenvalue weighted by Gasteiger charge is -2.05. The van der Waals surface area contributed by atoms with Crippen LogP contribution < -0.4 is 0 Å². The van der Waals surface area contributed by atoms with Crippen molar-refractivity contribution in [3.05, 3.63) is 29.8 Å². The van der Waals surface area contributed by atoms with Crippen LogP contribution in [0.5, 0.6) is 5.75 Å². The van der Waals surface area contributed by atoms with E-state index in [1.807, 2.05) is 30.0 Å². The molecule has 0 atom stereocenters. The first-order valence-electron chi connectivity index (χ1n) is 11.7. The van der Waals surface area contributed by atoms with Gasteiger partial charge in [-0.3, -0.25) is 0 Å². The number of hydrogen-bond donors (Lipinski definition) is 1.